The van der Waals surface area contributed by atoms with Gasteiger partial charge >= 0.3 is 6.18 Å². The summed E-state index contributed by atoms with van der Waals surface area (Å²) < 4.78 is 68.4. The fourth-order valence-electron chi connectivity index (χ4n) is 2.98. The summed E-state index contributed by atoms with van der Waals surface area (Å²) in [5, 5.41) is 2.22. The van der Waals surface area contributed by atoms with E-state index in [9.17, 15) is 22.0 Å². The minimum absolute atomic E-state index is 0.0762. The zero-order valence-electron chi connectivity index (χ0n) is 18.1. The fourth-order valence-corrected chi connectivity index (χ4v) is 3.14. The van der Waals surface area contributed by atoms with Gasteiger partial charge in [0.05, 0.1) is 11.7 Å². The summed E-state index contributed by atoms with van der Waals surface area (Å²) in [6, 6.07) is 2.16. The normalized spacial score (nSPS) is 11.9. The zero-order valence-corrected chi connectivity index (χ0v) is 18.8. The van der Waals surface area contributed by atoms with Gasteiger partial charge in [-0.25, -0.2) is 18.7 Å². The Morgan fingerprint density at radius 3 is 2.52 bits per heavy atom. The second kappa shape index (κ2) is 10.6. The van der Waals surface area contributed by atoms with Crippen LogP contribution in [-0.4, -0.2) is 36.6 Å². The van der Waals surface area contributed by atoms with E-state index < -0.39 is 34.6 Å². The van der Waals surface area contributed by atoms with Crippen molar-refractivity contribution in [3.8, 4) is 11.8 Å². The molecule has 11 heteroatoms. The summed E-state index contributed by atoms with van der Waals surface area (Å²) in [5.41, 5.74) is -1.02. The van der Waals surface area contributed by atoms with Gasteiger partial charge in [-0.05, 0) is 38.2 Å². The van der Waals surface area contributed by atoms with Crippen LogP contribution in [0.15, 0.2) is 43.3 Å². The predicted octanol–water partition coefficient (Wildman–Crippen LogP) is 4.99. The number of benzene rings is 1. The summed E-state index contributed by atoms with van der Waals surface area (Å²) in [6.07, 6.45) is -3.48. The van der Waals surface area contributed by atoms with Crippen molar-refractivity contribution in [3.63, 3.8) is 0 Å². The van der Waals surface area contributed by atoms with Gasteiger partial charge in [0.1, 0.15) is 16.7 Å². The molecular formula is C22H21ClF5N5. The molecule has 0 amide bonds. The maximum atomic E-state index is 14.6. The Bertz CT molecular complexity index is 1110. The molecule has 0 saturated heterocycles. The van der Waals surface area contributed by atoms with E-state index in [0.29, 0.717) is 0 Å². The van der Waals surface area contributed by atoms with Crippen LogP contribution in [0.3, 0.4) is 0 Å². The minimum Gasteiger partial charge on any atom is -0.344 e. The van der Waals surface area contributed by atoms with Crippen LogP contribution >= 0.6 is 11.6 Å². The predicted molar refractivity (Wildman–Crippen MR) is 119 cm³/mol. The maximum Gasteiger partial charge on any atom is 0.433 e. The molecule has 0 bridgehead atoms. The Labute approximate surface area is 193 Å². The molecule has 5 nitrogen and oxygen atoms in total. The van der Waals surface area contributed by atoms with Crippen LogP contribution in [0.2, 0.25) is 5.02 Å². The number of nitrogens with zero attached hydrogens (tertiary/aromatic N) is 4. The third-order valence-electron chi connectivity index (χ3n) is 4.63. The van der Waals surface area contributed by atoms with Gasteiger partial charge in [-0.15, -0.1) is 0 Å². The lowest BCUT2D eigenvalue weighted by Crippen LogP contribution is -2.44. The lowest BCUT2D eigenvalue weighted by molar-refractivity contribution is -0.141. The van der Waals surface area contributed by atoms with Crippen molar-refractivity contribution in [2.24, 2.45) is 0 Å². The average Bonchev–Trinajstić information content (AvgIpc) is 2.76. The number of anilines is 2. The number of hydrogen-bond donors (Lipinski definition) is 1. The Hall–Kier alpha value is -3.16. The molecule has 0 spiro atoms. The van der Waals surface area contributed by atoms with E-state index in [1.807, 2.05) is 0 Å². The summed E-state index contributed by atoms with van der Waals surface area (Å²) >= 11 is 5.68. The monoisotopic (exact) mass is 485 g/mol. The molecule has 2 aromatic rings. The molecule has 2 rings (SSSR count). The number of halogens is 6. The highest BCUT2D eigenvalue weighted by Crippen LogP contribution is 2.33. The Kier molecular flexibility index (Phi) is 8.41. The standard InChI is InChI=1S/C22H21ClF5N5/c1-6-8-18-30-17(22(26,27)28)11-19(31-18)33(7-2)16(12-29-4)13(3)32(5)15-10-9-14(24)20(23)21(15)25/h7,9-11,16,29H,2-3,12H2,1,4-5H3. The van der Waals surface area contributed by atoms with Crippen LogP contribution in [0.25, 0.3) is 0 Å². The SMILES string of the molecule is C=CN(c1cc(C(F)(F)F)nc(C#CC)n1)C(CNC)C(=C)N(C)c1ccc(F)c(Cl)c1F. The van der Waals surface area contributed by atoms with E-state index in [4.69, 9.17) is 11.6 Å². The zero-order chi connectivity index (χ0) is 24.9. The summed E-state index contributed by atoms with van der Waals surface area (Å²) in [6.45, 7) is 9.25. The molecule has 1 aromatic heterocycles. The van der Waals surface area contributed by atoms with E-state index in [-0.39, 0.29) is 29.6 Å². The molecule has 0 saturated carbocycles. The molecule has 176 valence electrons. The first-order valence-electron chi connectivity index (χ1n) is 9.46. The molecule has 0 aliphatic heterocycles. The minimum atomic E-state index is -4.74. The Balaban J connectivity index is 2.57. The quantitative estimate of drug-likeness (QED) is 0.324. The van der Waals surface area contributed by atoms with E-state index >= 15 is 0 Å². The largest absolute Gasteiger partial charge is 0.433 e. The lowest BCUT2D eigenvalue weighted by Gasteiger charge is -2.35. The van der Waals surface area contributed by atoms with Gasteiger partial charge in [0, 0.05) is 25.4 Å². The van der Waals surface area contributed by atoms with Gasteiger partial charge in [-0.1, -0.05) is 30.7 Å². The highest BCUT2D eigenvalue weighted by Gasteiger charge is 2.35. The first-order chi connectivity index (χ1) is 15.5. The maximum absolute atomic E-state index is 14.6. The molecule has 1 heterocycles. The number of likely N-dealkylation sites (N-methyl/N-ethyl adjacent to an activating group) is 2. The number of aromatic nitrogens is 2. The lowest BCUT2D eigenvalue weighted by atomic mass is 10.1. The van der Waals surface area contributed by atoms with E-state index in [1.165, 1.54) is 36.0 Å². The topological polar surface area (TPSA) is 44.3 Å². The Morgan fingerprint density at radius 1 is 1.30 bits per heavy atom. The van der Waals surface area contributed by atoms with Gasteiger partial charge in [0.2, 0.25) is 5.82 Å². The van der Waals surface area contributed by atoms with Crippen molar-refractivity contribution >= 4 is 23.1 Å². The van der Waals surface area contributed by atoms with Gasteiger partial charge in [-0.2, -0.15) is 13.2 Å². The molecule has 0 fully saturated rings. The molecule has 0 aliphatic rings. The van der Waals surface area contributed by atoms with Crippen molar-refractivity contribution in [2.45, 2.75) is 19.1 Å². The van der Waals surface area contributed by atoms with Crippen molar-refractivity contribution < 1.29 is 22.0 Å². The van der Waals surface area contributed by atoms with E-state index in [2.05, 4.69) is 40.3 Å². The molecule has 1 aromatic carbocycles. The van der Waals surface area contributed by atoms with Crippen LogP contribution in [0.4, 0.5) is 33.5 Å². The smallest absolute Gasteiger partial charge is 0.344 e. The van der Waals surface area contributed by atoms with Crippen molar-refractivity contribution in [1.82, 2.24) is 15.3 Å². The second-order valence-corrected chi connectivity index (χ2v) is 7.09. The van der Waals surface area contributed by atoms with Crippen molar-refractivity contribution in [2.75, 3.05) is 30.4 Å². The highest BCUT2D eigenvalue weighted by molar-refractivity contribution is 6.31. The molecule has 0 radical (unpaired) electrons. The molecule has 0 aliphatic carbocycles. The van der Waals surface area contributed by atoms with Crippen LogP contribution in [0.5, 0.6) is 0 Å². The number of alkyl halides is 3. The van der Waals surface area contributed by atoms with Gasteiger partial charge in [0.25, 0.3) is 0 Å². The number of hydrogen-bond acceptors (Lipinski definition) is 5. The molecule has 1 unspecified atom stereocenters. The average molecular weight is 486 g/mol. The van der Waals surface area contributed by atoms with Crippen LogP contribution in [0, 0.1) is 23.5 Å². The summed E-state index contributed by atoms with van der Waals surface area (Å²) in [7, 11) is 3.08. The molecule has 1 atom stereocenters. The van der Waals surface area contributed by atoms with Crippen molar-refractivity contribution in [3.05, 3.63) is 71.4 Å². The third kappa shape index (κ3) is 5.80. The van der Waals surface area contributed by atoms with Crippen LogP contribution < -0.4 is 15.1 Å². The van der Waals surface area contributed by atoms with Crippen LogP contribution in [-0.2, 0) is 6.18 Å². The first-order valence-corrected chi connectivity index (χ1v) is 9.84. The van der Waals surface area contributed by atoms with Crippen molar-refractivity contribution in [1.29, 1.82) is 0 Å². The summed E-state index contributed by atoms with van der Waals surface area (Å²) in [4.78, 5) is 10.2. The van der Waals surface area contributed by atoms with E-state index in [0.717, 1.165) is 12.1 Å². The molecular weight excluding hydrogens is 465 g/mol. The number of nitrogens with one attached hydrogen (secondary N) is 1. The van der Waals surface area contributed by atoms with Gasteiger partial charge < -0.3 is 15.1 Å². The molecule has 33 heavy (non-hydrogen) atoms. The Morgan fingerprint density at radius 2 is 1.97 bits per heavy atom. The van der Waals surface area contributed by atoms with E-state index in [1.54, 1.807) is 7.05 Å². The van der Waals surface area contributed by atoms with Crippen LogP contribution in [0.1, 0.15) is 18.4 Å². The first kappa shape index (κ1) is 26.1. The van der Waals surface area contributed by atoms with Gasteiger partial charge in [0.15, 0.2) is 11.5 Å². The number of rotatable bonds is 8. The second-order valence-electron chi connectivity index (χ2n) is 6.72. The highest BCUT2D eigenvalue weighted by atomic mass is 35.5. The fraction of sp³-hybridized carbons (Fsp3) is 0.273. The third-order valence-corrected chi connectivity index (χ3v) is 4.97. The van der Waals surface area contributed by atoms with Gasteiger partial charge in [-0.3, -0.25) is 0 Å². The molecule has 1 N–H and O–H groups in total. The summed E-state index contributed by atoms with van der Waals surface area (Å²) in [5.74, 6) is 2.50.